The molecule has 0 saturated carbocycles. The fourth-order valence-corrected chi connectivity index (χ4v) is 7.45. The number of nitrogens with one attached hydrogen (secondary N) is 2. The number of amides is 1. The summed E-state index contributed by atoms with van der Waals surface area (Å²) < 4.78 is 40.9. The molecular formula is C36H36F3N7OS. The molecule has 1 saturated heterocycles. The Labute approximate surface area is 280 Å². The van der Waals surface area contributed by atoms with Gasteiger partial charge in [-0.2, -0.15) is 18.4 Å². The second-order valence-corrected chi connectivity index (χ2v) is 13.5. The molecule has 0 bridgehead atoms. The molecule has 248 valence electrons. The van der Waals surface area contributed by atoms with E-state index in [9.17, 15) is 23.2 Å². The van der Waals surface area contributed by atoms with Crippen molar-refractivity contribution in [3.63, 3.8) is 0 Å². The number of anilines is 2. The number of likely N-dealkylation sites (tertiary alicyclic amines) is 1. The summed E-state index contributed by atoms with van der Waals surface area (Å²) in [5.41, 5.74) is 5.83. The highest BCUT2D eigenvalue weighted by molar-refractivity contribution is 7.18. The van der Waals surface area contributed by atoms with Crippen LogP contribution in [0.3, 0.4) is 0 Å². The first-order chi connectivity index (χ1) is 23.0. The number of hydrogen-bond acceptors (Lipinski definition) is 7. The summed E-state index contributed by atoms with van der Waals surface area (Å²) in [6.45, 7) is 10.9. The van der Waals surface area contributed by atoms with E-state index in [-0.39, 0.29) is 22.7 Å². The van der Waals surface area contributed by atoms with Gasteiger partial charge in [0.25, 0.3) is 0 Å². The minimum Gasteiger partial charge on any atom is -0.367 e. The zero-order valence-corrected chi connectivity index (χ0v) is 27.6. The Kier molecular flexibility index (Phi) is 9.53. The number of nitriles is 1. The second-order valence-electron chi connectivity index (χ2n) is 12.4. The molecule has 6 rings (SSSR count). The predicted molar refractivity (Wildman–Crippen MR) is 184 cm³/mol. The monoisotopic (exact) mass is 671 g/mol. The van der Waals surface area contributed by atoms with Crippen LogP contribution in [0.2, 0.25) is 0 Å². The van der Waals surface area contributed by atoms with E-state index in [1.807, 2.05) is 30.3 Å². The Morgan fingerprint density at radius 2 is 1.90 bits per heavy atom. The van der Waals surface area contributed by atoms with Crippen LogP contribution in [-0.4, -0.2) is 50.6 Å². The van der Waals surface area contributed by atoms with Gasteiger partial charge in [-0.05, 0) is 78.8 Å². The molecule has 12 heteroatoms. The lowest BCUT2D eigenvalue weighted by molar-refractivity contribution is -0.126. The highest BCUT2D eigenvalue weighted by Crippen LogP contribution is 2.34. The Morgan fingerprint density at radius 3 is 2.58 bits per heavy atom. The molecule has 1 unspecified atom stereocenters. The normalized spacial score (nSPS) is 15.0. The van der Waals surface area contributed by atoms with Crippen LogP contribution in [0, 0.1) is 18.3 Å². The summed E-state index contributed by atoms with van der Waals surface area (Å²) in [6.07, 6.45) is -0.835. The first-order valence-electron chi connectivity index (χ1n) is 15.9. The number of alkyl halides is 3. The average Bonchev–Trinajstić information content (AvgIpc) is 3.64. The molecule has 5 aromatic rings. The van der Waals surface area contributed by atoms with E-state index < -0.39 is 12.6 Å². The molecular weight excluding hydrogens is 636 g/mol. The van der Waals surface area contributed by atoms with Crippen molar-refractivity contribution in [1.29, 1.82) is 5.26 Å². The van der Waals surface area contributed by atoms with Crippen molar-refractivity contribution in [1.82, 2.24) is 19.4 Å². The summed E-state index contributed by atoms with van der Waals surface area (Å²) in [7, 11) is 0. The number of thiophene rings is 1. The standard InChI is InChI=1S/C36H36F3N7OS/c1-4-33(47)43-26-8-5-24(6-9-26)22(2)19-46-28(18-40)15-30-23(3)25(7-10-32(30)46)20-45-13-11-27(12-14-45)44-34-31-16-29(17-36(37,38)39)48-35(31)42-21-41-34/h4-10,15-16,21-22,27H,1,11-14,17,19-20H2,2-3H3,(H,43,47)(H,41,42,44). The second kappa shape index (κ2) is 13.8. The quantitative estimate of drug-likeness (QED) is 0.146. The van der Waals surface area contributed by atoms with Crippen LogP contribution in [0.15, 0.2) is 67.5 Å². The number of aromatic nitrogens is 3. The molecule has 3 aromatic heterocycles. The van der Waals surface area contributed by atoms with Gasteiger partial charge in [-0.25, -0.2) is 9.97 Å². The van der Waals surface area contributed by atoms with Crippen molar-refractivity contribution >= 4 is 49.9 Å². The Balaban J connectivity index is 1.10. The summed E-state index contributed by atoms with van der Waals surface area (Å²) in [5.74, 6) is 0.465. The van der Waals surface area contributed by atoms with E-state index in [1.165, 1.54) is 18.0 Å². The van der Waals surface area contributed by atoms with Crippen molar-refractivity contribution in [3.05, 3.63) is 94.8 Å². The maximum atomic E-state index is 12.9. The summed E-state index contributed by atoms with van der Waals surface area (Å²) in [5, 5.41) is 18.0. The van der Waals surface area contributed by atoms with Crippen molar-refractivity contribution in [3.8, 4) is 6.07 Å². The zero-order chi connectivity index (χ0) is 34.0. The fraction of sp³-hybridized carbons (Fsp3) is 0.333. The van der Waals surface area contributed by atoms with Crippen LogP contribution in [0.25, 0.3) is 21.1 Å². The number of aryl methyl sites for hydroxylation is 1. The number of rotatable bonds is 10. The van der Waals surface area contributed by atoms with Crippen molar-refractivity contribution < 1.29 is 18.0 Å². The van der Waals surface area contributed by atoms with Gasteiger partial charge in [0.05, 0.1) is 11.8 Å². The van der Waals surface area contributed by atoms with Gasteiger partial charge in [0.15, 0.2) is 0 Å². The molecule has 0 spiro atoms. The molecule has 48 heavy (non-hydrogen) atoms. The lowest BCUT2D eigenvalue weighted by atomic mass is 10.00. The van der Waals surface area contributed by atoms with Crippen LogP contribution >= 0.6 is 11.3 Å². The topological polar surface area (TPSA) is 98.9 Å². The van der Waals surface area contributed by atoms with E-state index in [4.69, 9.17) is 0 Å². The van der Waals surface area contributed by atoms with Crippen LogP contribution in [-0.2, 0) is 24.3 Å². The number of halogens is 3. The maximum Gasteiger partial charge on any atom is 0.393 e. The highest BCUT2D eigenvalue weighted by atomic mass is 32.1. The van der Waals surface area contributed by atoms with E-state index >= 15 is 0 Å². The SMILES string of the molecule is C=CC(=O)Nc1ccc(C(C)Cn2c(C#N)cc3c(C)c(CN4CCC(Nc5ncnc6sc(CC(F)(F)F)cc56)CC4)ccc32)cc1. The lowest BCUT2D eigenvalue weighted by Crippen LogP contribution is -2.39. The Bertz CT molecular complexity index is 2000. The molecule has 2 aromatic carbocycles. The number of carbonyl (C=O) groups is 1. The maximum absolute atomic E-state index is 12.9. The molecule has 0 radical (unpaired) electrons. The van der Waals surface area contributed by atoms with Gasteiger partial charge < -0.3 is 15.2 Å². The van der Waals surface area contributed by atoms with Gasteiger partial charge in [0, 0.05) is 53.7 Å². The van der Waals surface area contributed by atoms with Gasteiger partial charge in [-0.3, -0.25) is 9.69 Å². The third-order valence-corrected chi connectivity index (χ3v) is 10.1. The lowest BCUT2D eigenvalue weighted by Gasteiger charge is -2.33. The number of fused-ring (bicyclic) bond motifs is 2. The van der Waals surface area contributed by atoms with E-state index in [1.54, 1.807) is 6.07 Å². The third kappa shape index (κ3) is 7.37. The Morgan fingerprint density at radius 1 is 1.15 bits per heavy atom. The van der Waals surface area contributed by atoms with Crippen LogP contribution in [0.4, 0.5) is 24.7 Å². The van der Waals surface area contributed by atoms with Gasteiger partial charge >= 0.3 is 6.18 Å². The minimum atomic E-state index is -4.26. The molecule has 1 fully saturated rings. The van der Waals surface area contributed by atoms with Gasteiger partial charge in [-0.15, -0.1) is 11.3 Å². The van der Waals surface area contributed by atoms with Crippen LogP contribution in [0.5, 0.6) is 0 Å². The van der Waals surface area contributed by atoms with Crippen molar-refractivity contribution in [2.45, 2.75) is 64.3 Å². The molecule has 1 aliphatic rings. The number of hydrogen-bond donors (Lipinski definition) is 2. The molecule has 4 heterocycles. The summed E-state index contributed by atoms with van der Waals surface area (Å²) >= 11 is 1.06. The van der Waals surface area contributed by atoms with Gasteiger partial charge in [0.2, 0.25) is 5.91 Å². The number of benzene rings is 2. The molecule has 1 amide bonds. The molecule has 0 aliphatic carbocycles. The van der Waals surface area contributed by atoms with E-state index in [2.05, 4.69) is 68.7 Å². The number of nitrogens with zero attached hydrogens (tertiary/aromatic N) is 5. The van der Waals surface area contributed by atoms with Crippen molar-refractivity contribution in [2.24, 2.45) is 0 Å². The first kappa shape index (κ1) is 33.2. The minimum absolute atomic E-state index is 0.131. The van der Waals surface area contributed by atoms with E-state index in [0.717, 1.165) is 65.8 Å². The van der Waals surface area contributed by atoms with Crippen LogP contribution < -0.4 is 10.6 Å². The predicted octanol–water partition coefficient (Wildman–Crippen LogP) is 7.94. The third-order valence-electron chi connectivity index (χ3n) is 9.05. The van der Waals surface area contributed by atoms with Gasteiger partial charge in [0.1, 0.15) is 28.7 Å². The molecule has 8 nitrogen and oxygen atoms in total. The molecule has 1 aliphatic heterocycles. The fourth-order valence-electron chi connectivity index (χ4n) is 6.42. The smallest absolute Gasteiger partial charge is 0.367 e. The van der Waals surface area contributed by atoms with Crippen molar-refractivity contribution in [2.75, 3.05) is 23.7 Å². The van der Waals surface area contributed by atoms with Crippen LogP contribution in [0.1, 0.15) is 52.9 Å². The first-order valence-corrected chi connectivity index (χ1v) is 16.7. The largest absolute Gasteiger partial charge is 0.393 e. The Hall–Kier alpha value is -4.73. The summed E-state index contributed by atoms with van der Waals surface area (Å²) in [6, 6.07) is 18.1. The molecule has 1 atom stereocenters. The van der Waals surface area contributed by atoms with E-state index in [0.29, 0.717) is 34.0 Å². The van der Waals surface area contributed by atoms with Gasteiger partial charge in [-0.1, -0.05) is 31.7 Å². The number of piperidine rings is 1. The highest BCUT2D eigenvalue weighted by Gasteiger charge is 2.29. The zero-order valence-electron chi connectivity index (χ0n) is 26.8. The summed E-state index contributed by atoms with van der Waals surface area (Å²) in [4.78, 5) is 23.4. The number of carbonyl (C=O) groups excluding carboxylic acids is 1. The average molecular weight is 672 g/mol. The molecule has 2 N–H and O–H groups in total.